The number of benzene rings is 2. The van der Waals surface area contributed by atoms with Crippen molar-refractivity contribution in [2.75, 3.05) is 27.3 Å². The molecule has 1 fully saturated rings. The highest BCUT2D eigenvalue weighted by Gasteiger charge is 2.30. The normalized spacial score (nSPS) is 16.6. The number of aromatic nitrogens is 3. The first-order valence-corrected chi connectivity index (χ1v) is 11.1. The maximum atomic E-state index is 12.7. The predicted octanol–water partition coefficient (Wildman–Crippen LogP) is 4.28. The van der Waals surface area contributed by atoms with Gasteiger partial charge in [-0.3, -0.25) is 9.47 Å². The minimum Gasteiger partial charge on any atom is -0.493 e. The molecule has 1 aliphatic heterocycles. The number of nitrogens with one attached hydrogen (secondary N) is 1. The molecule has 0 aliphatic carbocycles. The first kappa shape index (κ1) is 20.6. The zero-order chi connectivity index (χ0) is 22.2. The van der Waals surface area contributed by atoms with Crippen LogP contribution in [0, 0.1) is 0 Å². The number of fused-ring (bicyclic) bond motifs is 2. The molecule has 1 N–H and O–H groups in total. The lowest BCUT2D eigenvalue weighted by molar-refractivity contribution is 0.101. The molecule has 32 heavy (non-hydrogen) atoms. The summed E-state index contributed by atoms with van der Waals surface area (Å²) in [4.78, 5) is 18.1. The van der Waals surface area contributed by atoms with Gasteiger partial charge in [-0.25, -0.2) is 4.79 Å². The molecule has 1 atom stereocenters. The fourth-order valence-corrected chi connectivity index (χ4v) is 5.02. The Morgan fingerprint density at radius 1 is 1.16 bits per heavy atom. The molecule has 5 rings (SSSR count). The molecule has 168 valence electrons. The highest BCUT2D eigenvalue weighted by molar-refractivity contribution is 5.84. The van der Waals surface area contributed by atoms with Crippen molar-refractivity contribution in [3.8, 4) is 11.5 Å². The zero-order valence-electron chi connectivity index (χ0n) is 18.6. The van der Waals surface area contributed by atoms with Crippen LogP contribution in [0.5, 0.6) is 11.5 Å². The number of likely N-dealkylation sites (tertiary alicyclic amines) is 1. The van der Waals surface area contributed by atoms with Crippen LogP contribution in [0.1, 0.15) is 44.0 Å². The van der Waals surface area contributed by atoms with Gasteiger partial charge < -0.3 is 19.0 Å². The second kappa shape index (κ2) is 8.35. The van der Waals surface area contributed by atoms with E-state index in [0.29, 0.717) is 23.0 Å². The Morgan fingerprint density at radius 2 is 1.88 bits per heavy atom. The molecular formula is C24H28N4O4. The van der Waals surface area contributed by atoms with E-state index in [-0.39, 0.29) is 11.9 Å². The van der Waals surface area contributed by atoms with Crippen LogP contribution in [-0.4, -0.2) is 46.9 Å². The lowest BCUT2D eigenvalue weighted by Crippen LogP contribution is -2.41. The minimum absolute atomic E-state index is 0.0259. The predicted molar refractivity (Wildman–Crippen MR) is 123 cm³/mol. The summed E-state index contributed by atoms with van der Waals surface area (Å²) in [5, 5.41) is 5.37. The third kappa shape index (κ3) is 3.35. The first-order valence-electron chi connectivity index (χ1n) is 11.1. The van der Waals surface area contributed by atoms with Crippen LogP contribution in [0.25, 0.3) is 22.0 Å². The van der Waals surface area contributed by atoms with Crippen LogP contribution in [-0.2, 0) is 0 Å². The maximum Gasteiger partial charge on any atom is 0.327 e. The number of H-pyrrole nitrogens is 1. The van der Waals surface area contributed by atoms with E-state index < -0.39 is 0 Å². The summed E-state index contributed by atoms with van der Waals surface area (Å²) >= 11 is 0. The van der Waals surface area contributed by atoms with Gasteiger partial charge in [-0.2, -0.15) is 0 Å². The molecule has 4 aromatic rings. The second-order valence-corrected chi connectivity index (χ2v) is 8.29. The van der Waals surface area contributed by atoms with E-state index in [9.17, 15) is 4.79 Å². The molecule has 0 saturated carbocycles. The fraction of sp³-hybridized carbons (Fsp3) is 0.417. The van der Waals surface area contributed by atoms with E-state index in [0.717, 1.165) is 54.5 Å². The highest BCUT2D eigenvalue weighted by Crippen LogP contribution is 2.39. The van der Waals surface area contributed by atoms with Gasteiger partial charge in [0.1, 0.15) is 0 Å². The maximum absolute atomic E-state index is 12.7. The number of methoxy groups -OCH3 is 2. The Bertz CT molecular complexity index is 1300. The molecule has 1 unspecified atom stereocenters. The number of imidazole rings is 1. The average molecular weight is 437 g/mol. The van der Waals surface area contributed by atoms with Crippen LogP contribution in [0.15, 0.2) is 45.7 Å². The van der Waals surface area contributed by atoms with Crippen LogP contribution in [0.3, 0.4) is 0 Å². The summed E-state index contributed by atoms with van der Waals surface area (Å²) in [5.74, 6) is 1.60. The number of hydrogen-bond acceptors (Lipinski definition) is 6. The van der Waals surface area contributed by atoms with Crippen LogP contribution >= 0.6 is 0 Å². The summed E-state index contributed by atoms with van der Waals surface area (Å²) in [7, 11) is 3.24. The van der Waals surface area contributed by atoms with Gasteiger partial charge in [0, 0.05) is 30.5 Å². The highest BCUT2D eigenvalue weighted by atomic mass is 16.5. The van der Waals surface area contributed by atoms with E-state index in [4.69, 9.17) is 14.0 Å². The van der Waals surface area contributed by atoms with Gasteiger partial charge in [-0.1, -0.05) is 24.2 Å². The lowest BCUT2D eigenvalue weighted by atomic mass is 9.91. The fourth-order valence-electron chi connectivity index (χ4n) is 5.02. The van der Waals surface area contributed by atoms with Crippen molar-refractivity contribution in [3.63, 3.8) is 0 Å². The summed E-state index contributed by atoms with van der Waals surface area (Å²) in [5.41, 5.74) is 3.46. The SMILES string of the molecule is CCC(N1CCC(c2noc3cc(OC)c(OC)cc23)CC1)n1c(=O)[nH]c2ccccc21. The van der Waals surface area contributed by atoms with Crippen molar-refractivity contribution in [1.82, 2.24) is 19.6 Å². The smallest absolute Gasteiger partial charge is 0.327 e. The summed E-state index contributed by atoms with van der Waals surface area (Å²) < 4.78 is 18.4. The zero-order valence-corrected chi connectivity index (χ0v) is 18.6. The summed E-state index contributed by atoms with van der Waals surface area (Å²) in [6.45, 7) is 3.91. The number of ether oxygens (including phenoxy) is 2. The molecule has 2 aromatic carbocycles. The number of para-hydroxylation sites is 2. The van der Waals surface area contributed by atoms with Gasteiger partial charge in [0.15, 0.2) is 17.1 Å². The van der Waals surface area contributed by atoms with Gasteiger partial charge in [-0.15, -0.1) is 0 Å². The Kier molecular flexibility index (Phi) is 5.38. The molecule has 0 radical (unpaired) electrons. The Hall–Kier alpha value is -3.26. The van der Waals surface area contributed by atoms with Crippen LogP contribution in [0.2, 0.25) is 0 Å². The van der Waals surface area contributed by atoms with E-state index in [2.05, 4.69) is 22.0 Å². The van der Waals surface area contributed by atoms with E-state index in [1.807, 2.05) is 41.0 Å². The standard InChI is InChI=1S/C24H28N4O4/c1-4-22(28-18-8-6-5-7-17(18)25-24(28)29)27-11-9-15(10-12-27)23-16-13-20(30-2)21(31-3)14-19(16)32-26-23/h5-8,13-15,22H,4,9-12H2,1-3H3,(H,25,29). The third-order valence-corrected chi connectivity index (χ3v) is 6.63. The molecule has 8 heteroatoms. The van der Waals surface area contributed by atoms with Gasteiger partial charge >= 0.3 is 5.69 Å². The van der Waals surface area contributed by atoms with Crippen LogP contribution in [0.4, 0.5) is 0 Å². The number of nitrogens with zero attached hydrogens (tertiary/aromatic N) is 3. The van der Waals surface area contributed by atoms with Crippen molar-refractivity contribution in [2.45, 2.75) is 38.3 Å². The van der Waals surface area contributed by atoms with Crippen molar-refractivity contribution in [1.29, 1.82) is 0 Å². The Labute approximate surface area is 185 Å². The molecule has 0 amide bonds. The quantitative estimate of drug-likeness (QED) is 0.486. The van der Waals surface area contributed by atoms with E-state index >= 15 is 0 Å². The Balaban J connectivity index is 1.39. The molecule has 0 spiro atoms. The number of rotatable bonds is 6. The van der Waals surface area contributed by atoms with Crippen molar-refractivity contribution < 1.29 is 14.0 Å². The average Bonchev–Trinajstić information content (AvgIpc) is 3.39. The molecule has 2 aromatic heterocycles. The topological polar surface area (TPSA) is 85.5 Å². The number of hydrogen-bond donors (Lipinski definition) is 1. The number of aromatic amines is 1. The summed E-state index contributed by atoms with van der Waals surface area (Å²) in [6.07, 6.45) is 2.78. The molecule has 1 aliphatic rings. The van der Waals surface area contributed by atoms with E-state index in [1.165, 1.54) is 0 Å². The lowest BCUT2D eigenvalue weighted by Gasteiger charge is -2.37. The van der Waals surface area contributed by atoms with Crippen molar-refractivity contribution in [2.24, 2.45) is 0 Å². The van der Waals surface area contributed by atoms with Gasteiger partial charge in [0.05, 0.1) is 37.1 Å². The first-order chi connectivity index (χ1) is 15.6. The summed E-state index contributed by atoms with van der Waals surface area (Å²) in [6, 6.07) is 11.7. The minimum atomic E-state index is -0.0521. The van der Waals surface area contributed by atoms with Crippen LogP contribution < -0.4 is 15.2 Å². The Morgan fingerprint density at radius 3 is 2.59 bits per heavy atom. The van der Waals surface area contributed by atoms with E-state index in [1.54, 1.807) is 14.2 Å². The van der Waals surface area contributed by atoms with Crippen molar-refractivity contribution in [3.05, 3.63) is 52.6 Å². The largest absolute Gasteiger partial charge is 0.493 e. The van der Waals surface area contributed by atoms with Gasteiger partial charge in [-0.05, 0) is 37.5 Å². The molecule has 8 nitrogen and oxygen atoms in total. The van der Waals surface area contributed by atoms with Gasteiger partial charge in [0.25, 0.3) is 0 Å². The van der Waals surface area contributed by atoms with Gasteiger partial charge in [0.2, 0.25) is 0 Å². The number of piperidine rings is 1. The third-order valence-electron chi connectivity index (χ3n) is 6.63. The molecular weight excluding hydrogens is 408 g/mol. The second-order valence-electron chi connectivity index (χ2n) is 8.29. The molecule has 0 bridgehead atoms. The molecule has 1 saturated heterocycles. The molecule has 3 heterocycles. The monoisotopic (exact) mass is 436 g/mol. The van der Waals surface area contributed by atoms with Crippen molar-refractivity contribution >= 4 is 22.0 Å².